The van der Waals surface area contributed by atoms with Gasteiger partial charge in [-0.2, -0.15) is 0 Å². The summed E-state index contributed by atoms with van der Waals surface area (Å²) in [6.07, 6.45) is 2.42. The second kappa shape index (κ2) is 9.38. The van der Waals surface area contributed by atoms with Gasteiger partial charge in [0.05, 0.1) is 18.8 Å². The minimum atomic E-state index is -0.307. The fourth-order valence-corrected chi connectivity index (χ4v) is 2.92. The molecule has 0 aliphatic heterocycles. The molecule has 27 heavy (non-hydrogen) atoms. The van der Waals surface area contributed by atoms with Gasteiger partial charge in [0.2, 0.25) is 0 Å². The third-order valence-electron chi connectivity index (χ3n) is 4.26. The zero-order valence-corrected chi connectivity index (χ0v) is 15.3. The Kier molecular flexibility index (Phi) is 6.41. The summed E-state index contributed by atoms with van der Waals surface area (Å²) >= 11 is 0. The minimum absolute atomic E-state index is 0.232. The molecular weight excluding hydrogens is 338 g/mol. The predicted octanol–water partition coefficient (Wildman–Crippen LogP) is 3.72. The number of nitrogens with zero attached hydrogens (tertiary/aromatic N) is 1. The topological polar surface area (TPSA) is 63.2 Å². The number of para-hydroxylation sites is 1. The van der Waals surface area contributed by atoms with Gasteiger partial charge in [-0.25, -0.2) is 4.79 Å². The van der Waals surface area contributed by atoms with Crippen molar-refractivity contribution in [1.82, 2.24) is 15.6 Å². The van der Waals surface area contributed by atoms with Crippen LogP contribution in [0.25, 0.3) is 0 Å². The first-order chi connectivity index (χ1) is 13.3. The van der Waals surface area contributed by atoms with E-state index in [2.05, 4.69) is 15.6 Å². The second-order valence-corrected chi connectivity index (χ2v) is 6.06. The van der Waals surface area contributed by atoms with Crippen molar-refractivity contribution >= 4 is 6.03 Å². The van der Waals surface area contributed by atoms with E-state index in [1.807, 2.05) is 72.8 Å². The Morgan fingerprint density at radius 1 is 1.00 bits per heavy atom. The first-order valence-electron chi connectivity index (χ1n) is 8.90. The van der Waals surface area contributed by atoms with Crippen LogP contribution in [0.3, 0.4) is 0 Å². The fourth-order valence-electron chi connectivity index (χ4n) is 2.92. The van der Waals surface area contributed by atoms with Gasteiger partial charge in [-0.15, -0.1) is 0 Å². The number of urea groups is 1. The maximum atomic E-state index is 12.5. The van der Waals surface area contributed by atoms with Crippen LogP contribution in [0.5, 0.6) is 5.75 Å². The molecule has 2 amide bonds. The molecule has 0 saturated heterocycles. The molecule has 0 spiro atoms. The molecule has 2 N–H and O–H groups in total. The summed E-state index contributed by atoms with van der Waals surface area (Å²) < 4.78 is 5.35. The highest BCUT2D eigenvalue weighted by atomic mass is 16.5. The Bertz CT molecular complexity index is 814. The van der Waals surface area contributed by atoms with Crippen molar-refractivity contribution in [3.05, 3.63) is 95.8 Å². The Hall–Kier alpha value is -3.34. The van der Waals surface area contributed by atoms with Crippen LogP contribution in [-0.2, 0) is 6.42 Å². The van der Waals surface area contributed by atoms with E-state index in [1.54, 1.807) is 13.3 Å². The maximum Gasteiger partial charge on any atom is 0.315 e. The van der Waals surface area contributed by atoms with Crippen molar-refractivity contribution in [2.75, 3.05) is 13.7 Å². The average molecular weight is 361 g/mol. The van der Waals surface area contributed by atoms with E-state index in [9.17, 15) is 4.79 Å². The van der Waals surface area contributed by atoms with Gasteiger partial charge in [0, 0.05) is 12.7 Å². The van der Waals surface area contributed by atoms with Crippen LogP contribution in [0.15, 0.2) is 79.0 Å². The molecule has 0 fully saturated rings. The van der Waals surface area contributed by atoms with Gasteiger partial charge in [0.25, 0.3) is 0 Å². The van der Waals surface area contributed by atoms with Gasteiger partial charge < -0.3 is 15.4 Å². The molecule has 5 nitrogen and oxygen atoms in total. The standard InChI is InChI=1S/C22H23N3O2/c1-27-20-13-6-5-9-17(20)14-16-24-22(26)25-21(18-10-3-2-4-11-18)19-12-7-8-15-23-19/h2-13,15,21H,14,16H2,1H3,(H2,24,25,26). The number of ether oxygens (including phenoxy) is 1. The number of amides is 2. The van der Waals surface area contributed by atoms with Crippen LogP contribution in [0.4, 0.5) is 4.79 Å². The van der Waals surface area contributed by atoms with Gasteiger partial charge in [-0.3, -0.25) is 4.98 Å². The van der Waals surface area contributed by atoms with E-state index in [0.717, 1.165) is 22.6 Å². The van der Waals surface area contributed by atoms with Crippen molar-refractivity contribution in [2.45, 2.75) is 12.5 Å². The Morgan fingerprint density at radius 3 is 2.48 bits per heavy atom. The zero-order valence-electron chi connectivity index (χ0n) is 15.3. The van der Waals surface area contributed by atoms with Crippen molar-refractivity contribution in [3.63, 3.8) is 0 Å². The van der Waals surface area contributed by atoms with Crippen molar-refractivity contribution in [1.29, 1.82) is 0 Å². The van der Waals surface area contributed by atoms with E-state index in [0.29, 0.717) is 13.0 Å². The average Bonchev–Trinajstić information content (AvgIpc) is 2.73. The summed E-state index contributed by atoms with van der Waals surface area (Å²) in [5.74, 6) is 0.829. The molecule has 0 aliphatic carbocycles. The quantitative estimate of drug-likeness (QED) is 0.674. The first kappa shape index (κ1) is 18.5. The van der Waals surface area contributed by atoms with Crippen LogP contribution in [-0.4, -0.2) is 24.7 Å². The number of carbonyl (C=O) groups excluding carboxylic acids is 1. The Morgan fingerprint density at radius 2 is 1.74 bits per heavy atom. The fraction of sp³-hybridized carbons (Fsp3) is 0.182. The summed E-state index contributed by atoms with van der Waals surface area (Å²) in [7, 11) is 1.65. The van der Waals surface area contributed by atoms with Crippen molar-refractivity contribution < 1.29 is 9.53 Å². The maximum absolute atomic E-state index is 12.5. The van der Waals surface area contributed by atoms with Crippen molar-refractivity contribution in [3.8, 4) is 5.75 Å². The first-order valence-corrected chi connectivity index (χ1v) is 8.90. The summed E-state index contributed by atoms with van der Waals surface area (Å²) in [6.45, 7) is 0.510. The van der Waals surface area contributed by atoms with Gasteiger partial charge in [0.15, 0.2) is 0 Å². The normalized spacial score (nSPS) is 11.4. The lowest BCUT2D eigenvalue weighted by atomic mass is 10.0. The SMILES string of the molecule is COc1ccccc1CCNC(=O)NC(c1ccccc1)c1ccccn1. The third-order valence-corrected chi connectivity index (χ3v) is 4.26. The molecule has 138 valence electrons. The van der Waals surface area contributed by atoms with Gasteiger partial charge in [0.1, 0.15) is 5.75 Å². The minimum Gasteiger partial charge on any atom is -0.496 e. The number of hydrogen-bond donors (Lipinski definition) is 2. The summed E-state index contributed by atoms with van der Waals surface area (Å²) in [4.78, 5) is 16.9. The highest BCUT2D eigenvalue weighted by molar-refractivity contribution is 5.75. The van der Waals surface area contributed by atoms with Gasteiger partial charge in [-0.05, 0) is 35.7 Å². The molecule has 3 aromatic rings. The largest absolute Gasteiger partial charge is 0.496 e. The van der Waals surface area contributed by atoms with Crippen LogP contribution in [0, 0.1) is 0 Å². The second-order valence-electron chi connectivity index (χ2n) is 6.06. The number of methoxy groups -OCH3 is 1. The molecule has 2 aromatic carbocycles. The highest BCUT2D eigenvalue weighted by Gasteiger charge is 2.17. The number of nitrogens with one attached hydrogen (secondary N) is 2. The molecule has 1 unspecified atom stereocenters. The Balaban J connectivity index is 1.63. The molecule has 3 rings (SSSR count). The lowest BCUT2D eigenvalue weighted by molar-refractivity contribution is 0.238. The highest BCUT2D eigenvalue weighted by Crippen LogP contribution is 2.20. The van der Waals surface area contributed by atoms with Crippen LogP contribution in [0.1, 0.15) is 22.9 Å². The van der Waals surface area contributed by atoms with Crippen molar-refractivity contribution in [2.24, 2.45) is 0 Å². The third kappa shape index (κ3) is 5.07. The monoisotopic (exact) mass is 361 g/mol. The zero-order chi connectivity index (χ0) is 18.9. The van der Waals surface area contributed by atoms with Gasteiger partial charge >= 0.3 is 6.03 Å². The smallest absolute Gasteiger partial charge is 0.315 e. The molecule has 0 radical (unpaired) electrons. The lowest BCUT2D eigenvalue weighted by Gasteiger charge is -2.19. The molecule has 0 bridgehead atoms. The summed E-state index contributed by atoms with van der Waals surface area (Å²) in [5.41, 5.74) is 2.84. The lowest BCUT2D eigenvalue weighted by Crippen LogP contribution is -2.39. The molecule has 5 heteroatoms. The van der Waals surface area contributed by atoms with Crippen LogP contribution >= 0.6 is 0 Å². The van der Waals surface area contributed by atoms with E-state index in [4.69, 9.17) is 4.74 Å². The van der Waals surface area contributed by atoms with E-state index < -0.39 is 0 Å². The van der Waals surface area contributed by atoms with E-state index in [-0.39, 0.29) is 12.1 Å². The summed E-state index contributed by atoms with van der Waals surface area (Å²) in [5, 5.41) is 5.94. The van der Waals surface area contributed by atoms with Crippen LogP contribution in [0.2, 0.25) is 0 Å². The Labute approximate surface area is 159 Å². The van der Waals surface area contributed by atoms with E-state index >= 15 is 0 Å². The molecule has 0 saturated carbocycles. The number of pyridine rings is 1. The molecule has 1 atom stereocenters. The predicted molar refractivity (Wildman–Crippen MR) is 106 cm³/mol. The number of carbonyl (C=O) groups is 1. The van der Waals surface area contributed by atoms with E-state index in [1.165, 1.54) is 0 Å². The number of aromatic nitrogens is 1. The van der Waals surface area contributed by atoms with Gasteiger partial charge in [-0.1, -0.05) is 54.6 Å². The van der Waals surface area contributed by atoms with Crippen LogP contribution < -0.4 is 15.4 Å². The summed E-state index contributed by atoms with van der Waals surface area (Å²) in [6, 6.07) is 22.8. The molecule has 1 aromatic heterocycles. The molecule has 0 aliphatic rings. The number of benzene rings is 2. The number of rotatable bonds is 7. The number of hydrogen-bond acceptors (Lipinski definition) is 3. The molecular formula is C22H23N3O2. The molecule has 1 heterocycles.